The van der Waals surface area contributed by atoms with E-state index >= 15 is 0 Å². The molecule has 0 unspecified atom stereocenters. The lowest BCUT2D eigenvalue weighted by Gasteiger charge is -2.07. The number of methoxy groups -OCH3 is 1. The maximum atomic E-state index is 12.6. The number of ether oxygens (including phenoxy) is 1. The van der Waals surface area contributed by atoms with Gasteiger partial charge >= 0.3 is 0 Å². The first-order valence-electron chi connectivity index (χ1n) is 9.64. The van der Waals surface area contributed by atoms with E-state index in [4.69, 9.17) is 10.00 Å². The number of nitrogens with one attached hydrogen (secondary N) is 3. The van der Waals surface area contributed by atoms with Gasteiger partial charge < -0.3 is 20.7 Å². The number of thiazole rings is 1. The third kappa shape index (κ3) is 6.75. The molecule has 2 aromatic rings. The van der Waals surface area contributed by atoms with Crippen molar-refractivity contribution in [3.8, 4) is 12.1 Å². The van der Waals surface area contributed by atoms with E-state index in [9.17, 15) is 14.9 Å². The Bertz CT molecular complexity index is 1300. The second-order valence-electron chi connectivity index (χ2n) is 6.17. The van der Waals surface area contributed by atoms with E-state index in [1.165, 1.54) is 10.8 Å². The predicted octanol–water partition coefficient (Wildman–Crippen LogP) is 0.462. The largest absolute Gasteiger partial charge is 0.383 e. The zero-order valence-electron chi connectivity index (χ0n) is 17.7. The number of nitriles is 2. The molecule has 1 amide bonds. The molecule has 0 saturated heterocycles. The molecule has 164 valence electrons. The molecule has 1 heterocycles. The van der Waals surface area contributed by atoms with E-state index < -0.39 is 5.91 Å². The average molecular weight is 451 g/mol. The highest BCUT2D eigenvalue weighted by Gasteiger charge is 2.08. The van der Waals surface area contributed by atoms with Crippen molar-refractivity contribution in [2.45, 2.75) is 13.5 Å². The van der Waals surface area contributed by atoms with Gasteiger partial charge in [0.2, 0.25) is 0 Å². The highest BCUT2D eigenvalue weighted by Crippen LogP contribution is 2.14. The number of hydrogen-bond donors (Lipinski definition) is 3. The molecule has 10 heteroatoms. The van der Waals surface area contributed by atoms with Gasteiger partial charge in [-0.1, -0.05) is 28.9 Å². The quantitative estimate of drug-likeness (QED) is 0.219. The van der Waals surface area contributed by atoms with Crippen LogP contribution in [0, 0.1) is 22.7 Å². The minimum Gasteiger partial charge on any atom is -0.383 e. The van der Waals surface area contributed by atoms with Gasteiger partial charge in [-0.15, -0.1) is 0 Å². The number of anilines is 2. The number of aromatic nitrogens is 1. The van der Waals surface area contributed by atoms with Gasteiger partial charge in [0.1, 0.15) is 21.8 Å². The highest BCUT2D eigenvalue weighted by molar-refractivity contribution is 7.07. The summed E-state index contributed by atoms with van der Waals surface area (Å²) in [6.45, 7) is 3.15. The van der Waals surface area contributed by atoms with Gasteiger partial charge in [0.05, 0.1) is 12.7 Å². The first-order chi connectivity index (χ1) is 15.5. The minimum absolute atomic E-state index is 0.229. The van der Waals surface area contributed by atoms with Crippen LogP contribution in [0.15, 0.2) is 40.8 Å². The molecule has 32 heavy (non-hydrogen) atoms. The van der Waals surface area contributed by atoms with Crippen molar-refractivity contribution >= 4 is 40.1 Å². The molecule has 1 aromatic carbocycles. The summed E-state index contributed by atoms with van der Waals surface area (Å²) in [7, 11) is 1.64. The zero-order chi connectivity index (χ0) is 23.3. The van der Waals surface area contributed by atoms with Crippen LogP contribution >= 0.6 is 11.3 Å². The highest BCUT2D eigenvalue weighted by atomic mass is 32.1. The number of rotatable bonds is 9. The van der Waals surface area contributed by atoms with Crippen molar-refractivity contribution in [1.29, 1.82) is 10.5 Å². The van der Waals surface area contributed by atoms with Crippen molar-refractivity contribution in [2.24, 2.45) is 0 Å². The summed E-state index contributed by atoms with van der Waals surface area (Å²) in [4.78, 5) is 24.6. The Morgan fingerprint density at radius 1 is 1.31 bits per heavy atom. The third-order valence-corrected chi connectivity index (χ3v) is 5.05. The first-order valence-corrected chi connectivity index (χ1v) is 10.5. The predicted molar refractivity (Wildman–Crippen MR) is 123 cm³/mol. The summed E-state index contributed by atoms with van der Waals surface area (Å²) in [6, 6.07) is 11.1. The van der Waals surface area contributed by atoms with Gasteiger partial charge in [0.25, 0.3) is 11.5 Å². The number of nitrogens with zero attached hydrogens (tertiary/aromatic N) is 3. The van der Waals surface area contributed by atoms with Crippen LogP contribution < -0.4 is 30.7 Å². The SMILES string of the molecule is CCn1c(=C=C(C#N)C(=O)NCC#N)sc(=C=CNc2cccc(NCCOC)c2)c1=O. The second kappa shape index (κ2) is 12.6. The van der Waals surface area contributed by atoms with Gasteiger partial charge in [-0.2, -0.15) is 10.5 Å². The lowest BCUT2D eigenvalue weighted by atomic mass is 10.3. The van der Waals surface area contributed by atoms with Crippen LogP contribution in [0.2, 0.25) is 0 Å². The van der Waals surface area contributed by atoms with Gasteiger partial charge in [0.15, 0.2) is 5.57 Å². The summed E-state index contributed by atoms with van der Waals surface area (Å²) >= 11 is 1.06. The van der Waals surface area contributed by atoms with E-state index in [2.05, 4.69) is 27.4 Å². The first kappa shape index (κ1) is 24.2. The Morgan fingerprint density at radius 2 is 2.09 bits per heavy atom. The Balaban J connectivity index is 2.40. The van der Waals surface area contributed by atoms with Crippen molar-refractivity contribution in [1.82, 2.24) is 9.88 Å². The fourth-order valence-electron chi connectivity index (χ4n) is 2.53. The van der Waals surface area contributed by atoms with Crippen molar-refractivity contribution in [3.63, 3.8) is 0 Å². The van der Waals surface area contributed by atoms with Crippen LogP contribution in [-0.2, 0) is 16.1 Å². The van der Waals surface area contributed by atoms with Crippen molar-refractivity contribution in [2.75, 3.05) is 37.4 Å². The lowest BCUT2D eigenvalue weighted by Crippen LogP contribution is -2.30. The number of hydrogen-bond acceptors (Lipinski definition) is 8. The van der Waals surface area contributed by atoms with Crippen LogP contribution in [0.1, 0.15) is 6.92 Å². The topological polar surface area (TPSA) is 132 Å². The fourth-order valence-corrected chi connectivity index (χ4v) is 3.52. The summed E-state index contributed by atoms with van der Waals surface area (Å²) in [6.07, 6.45) is 1.53. The molecule has 0 aliphatic rings. The molecule has 0 aliphatic carbocycles. The number of amides is 1. The molecule has 0 fully saturated rings. The lowest BCUT2D eigenvalue weighted by molar-refractivity contribution is -0.116. The summed E-state index contributed by atoms with van der Waals surface area (Å²) in [5.74, 6) is -0.723. The summed E-state index contributed by atoms with van der Waals surface area (Å²) in [5.41, 5.74) is 6.71. The maximum absolute atomic E-state index is 12.6. The van der Waals surface area contributed by atoms with Crippen molar-refractivity contribution < 1.29 is 9.53 Å². The fraction of sp³-hybridized carbons (Fsp3) is 0.273. The maximum Gasteiger partial charge on any atom is 0.277 e. The molecule has 1 aromatic heterocycles. The van der Waals surface area contributed by atoms with Gasteiger partial charge in [-0.3, -0.25) is 14.2 Å². The summed E-state index contributed by atoms with van der Waals surface area (Å²) < 4.78 is 7.03. The Labute approximate surface area is 188 Å². The van der Waals surface area contributed by atoms with Crippen LogP contribution in [0.5, 0.6) is 0 Å². The zero-order valence-corrected chi connectivity index (χ0v) is 18.5. The molecule has 0 spiro atoms. The number of benzene rings is 1. The molecule has 9 nitrogen and oxygen atoms in total. The third-order valence-electron chi connectivity index (χ3n) is 4.04. The molecule has 0 bridgehead atoms. The smallest absolute Gasteiger partial charge is 0.277 e. The van der Waals surface area contributed by atoms with E-state index in [-0.39, 0.29) is 17.7 Å². The molecular formula is C22H22N6O3S. The van der Waals surface area contributed by atoms with Crippen LogP contribution in [0.25, 0.3) is 11.5 Å². The van der Waals surface area contributed by atoms with Gasteiger partial charge in [0, 0.05) is 37.8 Å². The monoisotopic (exact) mass is 450 g/mol. The van der Waals surface area contributed by atoms with Crippen LogP contribution in [0.4, 0.5) is 11.4 Å². The number of carbonyl (C=O) groups excluding carboxylic acids is 1. The average Bonchev–Trinajstić information content (AvgIpc) is 3.10. The van der Waals surface area contributed by atoms with E-state index in [1.54, 1.807) is 26.2 Å². The molecule has 3 N–H and O–H groups in total. The van der Waals surface area contributed by atoms with E-state index in [1.807, 2.05) is 24.3 Å². The second-order valence-corrected chi connectivity index (χ2v) is 7.17. The standard InChI is InChI=1S/C22H22N6O3S/c1-3-28-20(13-16(15-24)21(29)27-10-8-23)32-19(22(28)30)7-9-25-17-5-4-6-18(14-17)26-11-12-31-2/h4-6,9,14,25-26H,3,10-12H2,1-2H3,(H,27,29). The van der Waals surface area contributed by atoms with E-state index in [0.29, 0.717) is 28.9 Å². The minimum atomic E-state index is -0.723. The molecule has 0 radical (unpaired) electrons. The van der Waals surface area contributed by atoms with Crippen LogP contribution in [0.3, 0.4) is 0 Å². The normalized spacial score (nSPS) is 9.50. The summed E-state index contributed by atoms with van der Waals surface area (Å²) in [5, 5.41) is 26.4. The molecule has 2 rings (SSSR count). The molecular weight excluding hydrogens is 428 g/mol. The van der Waals surface area contributed by atoms with Gasteiger partial charge in [-0.05, 0) is 25.1 Å². The van der Waals surface area contributed by atoms with Crippen LogP contribution in [-0.4, -0.2) is 37.3 Å². The Hall–Kier alpha value is -4.04. The van der Waals surface area contributed by atoms with Gasteiger partial charge in [-0.25, -0.2) is 0 Å². The molecule has 0 saturated carbocycles. The Morgan fingerprint density at radius 3 is 2.78 bits per heavy atom. The molecule has 0 atom stereocenters. The van der Waals surface area contributed by atoms with Crippen molar-refractivity contribution in [3.05, 3.63) is 55.6 Å². The van der Waals surface area contributed by atoms with E-state index in [0.717, 1.165) is 22.7 Å². The number of carbonyl (C=O) groups is 1. The molecule has 0 aliphatic heterocycles. The Kier molecular flexibility index (Phi) is 9.55.